The van der Waals surface area contributed by atoms with Gasteiger partial charge in [-0.05, 0) is 49.0 Å². The molecule has 0 aliphatic carbocycles. The fraction of sp³-hybridized carbons (Fsp3) is 0.381. The number of piperidine rings is 1. The van der Waals surface area contributed by atoms with Crippen LogP contribution in [0.4, 0.5) is 14.6 Å². The van der Waals surface area contributed by atoms with E-state index in [0.29, 0.717) is 31.7 Å². The Morgan fingerprint density at radius 3 is 2.66 bits per heavy atom. The number of hydrogen-bond acceptors (Lipinski definition) is 4. The molecule has 0 bridgehead atoms. The van der Waals surface area contributed by atoms with E-state index in [-0.39, 0.29) is 18.4 Å². The number of carbonyl (C=O) groups excluding carboxylic acids is 1. The van der Waals surface area contributed by atoms with E-state index in [2.05, 4.69) is 15.4 Å². The number of hydrogen-bond donors (Lipinski definition) is 1. The Balaban J connectivity index is 1.44. The minimum Gasteiger partial charge on any atom is -0.310 e. The first-order chi connectivity index (χ1) is 14.0. The Bertz CT molecular complexity index is 1010. The lowest BCUT2D eigenvalue weighted by atomic mass is 9.96. The first kappa shape index (κ1) is 19.4. The van der Waals surface area contributed by atoms with E-state index in [1.807, 2.05) is 43.7 Å². The number of aryl methyl sites for hydroxylation is 1. The van der Waals surface area contributed by atoms with E-state index < -0.39 is 6.43 Å². The van der Waals surface area contributed by atoms with Crippen LogP contribution in [0.1, 0.15) is 12.8 Å². The van der Waals surface area contributed by atoms with Crippen LogP contribution in [-0.4, -0.2) is 51.6 Å². The van der Waals surface area contributed by atoms with Crippen molar-refractivity contribution in [1.29, 1.82) is 0 Å². The maximum absolute atomic E-state index is 12.6. The van der Waals surface area contributed by atoms with Gasteiger partial charge in [0.1, 0.15) is 5.82 Å². The van der Waals surface area contributed by atoms with Gasteiger partial charge in [-0.1, -0.05) is 12.1 Å². The summed E-state index contributed by atoms with van der Waals surface area (Å²) in [6.07, 6.45) is 4.33. The topological polar surface area (TPSA) is 63.1 Å². The molecular weight excluding hydrogens is 376 g/mol. The summed E-state index contributed by atoms with van der Waals surface area (Å²) in [5, 5.41) is 9.05. The van der Waals surface area contributed by atoms with Crippen molar-refractivity contribution in [3.8, 4) is 11.1 Å². The van der Waals surface area contributed by atoms with E-state index in [1.54, 1.807) is 15.8 Å². The minimum absolute atomic E-state index is 0.100. The molecule has 3 heterocycles. The van der Waals surface area contributed by atoms with Gasteiger partial charge in [0.25, 0.3) is 6.43 Å². The van der Waals surface area contributed by atoms with E-state index >= 15 is 0 Å². The average Bonchev–Trinajstić information content (AvgIpc) is 3.14. The molecule has 1 fully saturated rings. The molecule has 1 saturated heterocycles. The number of nitrogens with one attached hydrogen (secondary N) is 1. The van der Waals surface area contributed by atoms with Gasteiger partial charge < -0.3 is 5.32 Å². The second kappa shape index (κ2) is 8.24. The van der Waals surface area contributed by atoms with Crippen LogP contribution in [0.2, 0.25) is 0 Å². The zero-order valence-corrected chi connectivity index (χ0v) is 16.2. The lowest BCUT2D eigenvalue weighted by Crippen LogP contribution is -2.40. The minimum atomic E-state index is -2.33. The molecule has 1 aliphatic heterocycles. The van der Waals surface area contributed by atoms with E-state index in [1.165, 1.54) is 0 Å². The highest BCUT2D eigenvalue weighted by Crippen LogP contribution is 2.26. The van der Waals surface area contributed by atoms with Crippen molar-refractivity contribution in [2.24, 2.45) is 13.0 Å². The van der Waals surface area contributed by atoms with E-state index in [9.17, 15) is 13.6 Å². The van der Waals surface area contributed by atoms with Crippen molar-refractivity contribution in [2.45, 2.75) is 19.3 Å². The second-order valence-electron chi connectivity index (χ2n) is 7.49. The summed E-state index contributed by atoms with van der Waals surface area (Å²) in [5.41, 5.74) is 2.06. The van der Waals surface area contributed by atoms with Crippen LogP contribution in [0.15, 0.2) is 42.9 Å². The molecule has 8 heteroatoms. The van der Waals surface area contributed by atoms with Crippen molar-refractivity contribution in [3.05, 3.63) is 42.9 Å². The van der Waals surface area contributed by atoms with Gasteiger partial charge in [0.05, 0.1) is 12.7 Å². The molecule has 3 aromatic rings. The predicted octanol–water partition coefficient (Wildman–Crippen LogP) is 3.55. The van der Waals surface area contributed by atoms with Crippen LogP contribution < -0.4 is 5.32 Å². The van der Waals surface area contributed by atoms with Crippen LogP contribution >= 0.6 is 0 Å². The number of aromatic nitrogens is 3. The highest BCUT2D eigenvalue weighted by Gasteiger charge is 2.26. The summed E-state index contributed by atoms with van der Waals surface area (Å²) >= 11 is 0. The number of rotatable bonds is 5. The van der Waals surface area contributed by atoms with Crippen LogP contribution in [0, 0.1) is 5.92 Å². The number of amides is 1. The molecule has 0 atom stereocenters. The Kier molecular flexibility index (Phi) is 5.53. The molecule has 4 rings (SSSR count). The average molecular weight is 399 g/mol. The highest BCUT2D eigenvalue weighted by atomic mass is 19.3. The zero-order chi connectivity index (χ0) is 20.4. The van der Waals surface area contributed by atoms with Crippen LogP contribution in [-0.2, 0) is 11.8 Å². The molecule has 2 aromatic heterocycles. The first-order valence-corrected chi connectivity index (χ1v) is 9.68. The number of benzene rings is 1. The summed E-state index contributed by atoms with van der Waals surface area (Å²) in [6, 6.07) is 7.92. The number of fused-ring (bicyclic) bond motifs is 1. The van der Waals surface area contributed by atoms with Crippen LogP contribution in [0.5, 0.6) is 0 Å². The number of pyridine rings is 1. The normalized spacial score (nSPS) is 15.9. The third-order valence-corrected chi connectivity index (χ3v) is 5.37. The largest absolute Gasteiger partial charge is 0.310 e. The standard InChI is InChI=1S/C21H23F2N5O/c1-27-12-18(11-25-27)15-2-3-16-10-24-20(9-17(16)8-15)26-21(29)14-4-6-28(7-5-14)13-19(22)23/h2-3,8-12,14,19H,4-7,13H2,1H3,(H,24,26,29). The monoisotopic (exact) mass is 399 g/mol. The van der Waals surface area contributed by atoms with Gasteiger partial charge in [0.2, 0.25) is 5.91 Å². The number of halogens is 2. The summed E-state index contributed by atoms with van der Waals surface area (Å²) in [6.45, 7) is 0.809. The SMILES string of the molecule is Cn1cc(-c2ccc3cnc(NC(=O)C4CCN(CC(F)F)CC4)cc3c2)cn1. The van der Waals surface area contributed by atoms with Gasteiger partial charge in [-0.25, -0.2) is 13.8 Å². The van der Waals surface area contributed by atoms with Crippen molar-refractivity contribution >= 4 is 22.5 Å². The molecule has 1 aliphatic rings. The molecule has 152 valence electrons. The number of nitrogens with zero attached hydrogens (tertiary/aromatic N) is 4. The zero-order valence-electron chi connectivity index (χ0n) is 16.2. The third-order valence-electron chi connectivity index (χ3n) is 5.37. The summed E-state index contributed by atoms with van der Waals surface area (Å²) < 4.78 is 26.7. The lowest BCUT2D eigenvalue weighted by molar-refractivity contribution is -0.121. The lowest BCUT2D eigenvalue weighted by Gasteiger charge is -2.30. The van der Waals surface area contributed by atoms with E-state index in [0.717, 1.165) is 21.9 Å². The van der Waals surface area contributed by atoms with Gasteiger partial charge >= 0.3 is 0 Å². The van der Waals surface area contributed by atoms with Gasteiger partial charge in [-0.15, -0.1) is 0 Å². The predicted molar refractivity (Wildman–Crippen MR) is 108 cm³/mol. The van der Waals surface area contributed by atoms with Gasteiger partial charge in [0.15, 0.2) is 0 Å². The Morgan fingerprint density at radius 1 is 1.17 bits per heavy atom. The summed E-state index contributed by atoms with van der Waals surface area (Å²) in [5.74, 6) is 0.223. The van der Waals surface area contributed by atoms with Gasteiger partial charge in [-0.2, -0.15) is 5.10 Å². The molecule has 0 spiro atoms. The van der Waals surface area contributed by atoms with Crippen LogP contribution in [0.3, 0.4) is 0 Å². The Labute approximate surface area is 167 Å². The third kappa shape index (κ3) is 4.59. The number of alkyl halides is 2. The van der Waals surface area contributed by atoms with Crippen molar-refractivity contribution in [1.82, 2.24) is 19.7 Å². The number of anilines is 1. The molecule has 0 unspecified atom stereocenters. The van der Waals surface area contributed by atoms with Crippen molar-refractivity contribution in [2.75, 3.05) is 25.0 Å². The highest BCUT2D eigenvalue weighted by molar-refractivity contribution is 5.95. The number of carbonyl (C=O) groups is 1. The van der Waals surface area contributed by atoms with Crippen molar-refractivity contribution < 1.29 is 13.6 Å². The molecule has 6 nitrogen and oxygen atoms in total. The fourth-order valence-electron chi connectivity index (χ4n) is 3.76. The number of likely N-dealkylation sites (tertiary alicyclic amines) is 1. The quantitative estimate of drug-likeness (QED) is 0.713. The maximum atomic E-state index is 12.6. The smallest absolute Gasteiger partial charge is 0.251 e. The molecular formula is C21H23F2N5O. The first-order valence-electron chi connectivity index (χ1n) is 9.68. The van der Waals surface area contributed by atoms with E-state index in [4.69, 9.17) is 0 Å². The van der Waals surface area contributed by atoms with Crippen LogP contribution in [0.25, 0.3) is 21.9 Å². The molecule has 29 heavy (non-hydrogen) atoms. The summed E-state index contributed by atoms with van der Waals surface area (Å²) in [4.78, 5) is 18.7. The molecule has 1 N–H and O–H groups in total. The maximum Gasteiger partial charge on any atom is 0.251 e. The van der Waals surface area contributed by atoms with Gasteiger partial charge in [-0.3, -0.25) is 14.4 Å². The fourth-order valence-corrected chi connectivity index (χ4v) is 3.76. The molecule has 1 amide bonds. The molecule has 0 radical (unpaired) electrons. The summed E-state index contributed by atoms with van der Waals surface area (Å²) in [7, 11) is 1.88. The molecule has 0 saturated carbocycles. The Hall–Kier alpha value is -2.87. The second-order valence-corrected chi connectivity index (χ2v) is 7.49. The molecule has 1 aromatic carbocycles. The Morgan fingerprint density at radius 2 is 1.97 bits per heavy atom. The van der Waals surface area contributed by atoms with Crippen molar-refractivity contribution in [3.63, 3.8) is 0 Å². The van der Waals surface area contributed by atoms with Gasteiger partial charge in [0, 0.05) is 36.3 Å².